The monoisotopic (exact) mass is 213 g/mol. The van der Waals surface area contributed by atoms with E-state index in [0.29, 0.717) is 6.61 Å². The Labute approximate surface area is 75.7 Å². The summed E-state index contributed by atoms with van der Waals surface area (Å²) < 4.78 is 5.27. The molecule has 0 atom stereocenters. The Morgan fingerprint density at radius 1 is 1.27 bits per heavy atom. The molecule has 3 heteroatoms. The molecule has 58 valence electrons. The Kier molecular flexibility index (Phi) is 2.65. The summed E-state index contributed by atoms with van der Waals surface area (Å²) in [5.41, 5.74) is 0.925. The Morgan fingerprint density at radius 2 is 2.09 bits per heavy atom. The molecule has 0 bridgehead atoms. The Morgan fingerprint density at radius 3 is 2.91 bits per heavy atom. The topological polar surface area (TPSA) is 21.6 Å². The molecular formula is C8H8BrNO. The molecular weight excluding hydrogens is 206 g/mol. The van der Waals surface area contributed by atoms with Crippen LogP contribution in [-0.4, -0.2) is 12.8 Å². The molecule has 0 unspecified atom stereocenters. The molecule has 0 aliphatic carbocycles. The first kappa shape index (κ1) is 8.27. The van der Waals surface area contributed by atoms with Gasteiger partial charge in [-0.1, -0.05) is 12.1 Å². The summed E-state index contributed by atoms with van der Waals surface area (Å²) in [5.74, 6) is 0.880. The van der Waals surface area contributed by atoms with Crippen LogP contribution < -0.4 is 4.74 Å². The Hall–Kier alpha value is -0.830. The van der Waals surface area contributed by atoms with Gasteiger partial charge in [0.15, 0.2) is 0 Å². The molecule has 0 saturated carbocycles. The highest BCUT2D eigenvalue weighted by molar-refractivity contribution is 8.93. The lowest BCUT2D eigenvalue weighted by atomic mass is 10.3. The van der Waals surface area contributed by atoms with Crippen LogP contribution in [0.1, 0.15) is 0 Å². The largest absolute Gasteiger partial charge is 0.486 e. The number of hydrogen-bond donors (Lipinski definition) is 0. The molecule has 0 aromatic heterocycles. The zero-order valence-electron chi connectivity index (χ0n) is 5.86. The first-order chi connectivity index (χ1) is 4.97. The number of nitrogens with zero attached hydrogens (tertiary/aromatic N) is 1. The summed E-state index contributed by atoms with van der Waals surface area (Å²) in [6.07, 6.45) is 1.77. The van der Waals surface area contributed by atoms with Crippen molar-refractivity contribution in [2.24, 2.45) is 4.99 Å². The minimum Gasteiger partial charge on any atom is -0.486 e. The van der Waals surface area contributed by atoms with Crippen LogP contribution in [0.15, 0.2) is 29.3 Å². The lowest BCUT2D eigenvalue weighted by molar-refractivity contribution is 0.377. The third kappa shape index (κ3) is 1.60. The summed E-state index contributed by atoms with van der Waals surface area (Å²) in [5, 5.41) is 0. The quantitative estimate of drug-likeness (QED) is 0.649. The normalized spacial score (nSPS) is 12.7. The van der Waals surface area contributed by atoms with Gasteiger partial charge in [0, 0.05) is 6.21 Å². The summed E-state index contributed by atoms with van der Waals surface area (Å²) in [6, 6.07) is 7.75. The van der Waals surface area contributed by atoms with Gasteiger partial charge in [-0.2, -0.15) is 0 Å². The van der Waals surface area contributed by atoms with Crippen molar-refractivity contribution >= 4 is 28.9 Å². The van der Waals surface area contributed by atoms with Crippen LogP contribution >= 0.6 is 17.0 Å². The smallest absolute Gasteiger partial charge is 0.145 e. The average Bonchev–Trinajstić information content (AvgIpc) is 2.05. The fraction of sp³-hybridized carbons (Fsp3) is 0.125. The second kappa shape index (κ2) is 3.53. The first-order valence-corrected chi connectivity index (χ1v) is 3.21. The van der Waals surface area contributed by atoms with Gasteiger partial charge in [0.25, 0.3) is 0 Å². The zero-order valence-corrected chi connectivity index (χ0v) is 7.57. The van der Waals surface area contributed by atoms with Crippen LogP contribution in [0.25, 0.3) is 0 Å². The fourth-order valence-corrected chi connectivity index (χ4v) is 0.949. The number of ether oxygens (including phenoxy) is 1. The van der Waals surface area contributed by atoms with Crippen molar-refractivity contribution in [1.82, 2.24) is 0 Å². The van der Waals surface area contributed by atoms with Crippen LogP contribution in [0.4, 0.5) is 5.69 Å². The van der Waals surface area contributed by atoms with E-state index in [-0.39, 0.29) is 17.0 Å². The van der Waals surface area contributed by atoms with Gasteiger partial charge in [-0.15, -0.1) is 17.0 Å². The third-order valence-corrected chi connectivity index (χ3v) is 1.41. The molecule has 1 aromatic carbocycles. The SMILES string of the molecule is Br.C1=Nc2ccccc2OC1. The van der Waals surface area contributed by atoms with Crippen LogP contribution in [0.5, 0.6) is 5.75 Å². The second-order valence-electron chi connectivity index (χ2n) is 2.09. The van der Waals surface area contributed by atoms with Crippen LogP contribution in [-0.2, 0) is 0 Å². The number of aliphatic imine (C=N–C) groups is 1. The predicted molar refractivity (Wildman–Crippen MR) is 50.4 cm³/mol. The highest BCUT2D eigenvalue weighted by atomic mass is 79.9. The van der Waals surface area contributed by atoms with Crippen LogP contribution in [0.2, 0.25) is 0 Å². The first-order valence-electron chi connectivity index (χ1n) is 3.21. The van der Waals surface area contributed by atoms with Gasteiger partial charge in [0.05, 0.1) is 0 Å². The molecule has 1 heterocycles. The van der Waals surface area contributed by atoms with E-state index in [1.165, 1.54) is 0 Å². The van der Waals surface area contributed by atoms with E-state index in [9.17, 15) is 0 Å². The van der Waals surface area contributed by atoms with E-state index in [1.807, 2.05) is 24.3 Å². The third-order valence-electron chi connectivity index (χ3n) is 1.41. The minimum absolute atomic E-state index is 0. The fourth-order valence-electron chi connectivity index (χ4n) is 0.949. The molecule has 0 spiro atoms. The molecule has 0 N–H and O–H groups in total. The number of rotatable bonds is 0. The average molecular weight is 214 g/mol. The minimum atomic E-state index is 0. The van der Waals surface area contributed by atoms with Gasteiger partial charge in [0.2, 0.25) is 0 Å². The van der Waals surface area contributed by atoms with Crippen LogP contribution in [0.3, 0.4) is 0 Å². The molecule has 2 rings (SSSR count). The Balaban J connectivity index is 0.000000605. The van der Waals surface area contributed by atoms with Gasteiger partial charge in [-0.3, -0.25) is 4.99 Å². The maximum Gasteiger partial charge on any atom is 0.145 e. The molecule has 2 nitrogen and oxygen atoms in total. The maximum atomic E-state index is 5.27. The summed E-state index contributed by atoms with van der Waals surface area (Å²) in [6.45, 7) is 0.594. The number of fused-ring (bicyclic) bond motifs is 1. The van der Waals surface area contributed by atoms with Crippen LogP contribution in [0, 0.1) is 0 Å². The van der Waals surface area contributed by atoms with Gasteiger partial charge < -0.3 is 4.74 Å². The predicted octanol–water partition coefficient (Wildman–Crippen LogP) is 2.36. The van der Waals surface area contributed by atoms with Gasteiger partial charge in [-0.05, 0) is 12.1 Å². The standard InChI is InChI=1S/C8H7NO.BrH/c1-2-4-8-7(3-1)9-5-6-10-8;/h1-5H,6H2;1H. The lowest BCUT2D eigenvalue weighted by Crippen LogP contribution is -2.01. The lowest BCUT2D eigenvalue weighted by Gasteiger charge is -2.09. The van der Waals surface area contributed by atoms with E-state index >= 15 is 0 Å². The summed E-state index contributed by atoms with van der Waals surface area (Å²) >= 11 is 0. The number of halogens is 1. The van der Waals surface area contributed by atoms with E-state index in [2.05, 4.69) is 4.99 Å². The van der Waals surface area contributed by atoms with Gasteiger partial charge in [-0.25, -0.2) is 0 Å². The highest BCUT2D eigenvalue weighted by Gasteiger charge is 2.02. The molecule has 0 amide bonds. The molecule has 0 saturated heterocycles. The molecule has 1 aliphatic rings. The van der Waals surface area contributed by atoms with Crippen molar-refractivity contribution in [2.45, 2.75) is 0 Å². The van der Waals surface area contributed by atoms with E-state index in [1.54, 1.807) is 6.21 Å². The summed E-state index contributed by atoms with van der Waals surface area (Å²) in [7, 11) is 0. The second-order valence-corrected chi connectivity index (χ2v) is 2.09. The van der Waals surface area contributed by atoms with E-state index < -0.39 is 0 Å². The van der Waals surface area contributed by atoms with Crippen molar-refractivity contribution in [2.75, 3.05) is 6.61 Å². The van der Waals surface area contributed by atoms with Gasteiger partial charge in [0.1, 0.15) is 18.0 Å². The van der Waals surface area contributed by atoms with Crippen molar-refractivity contribution in [1.29, 1.82) is 0 Å². The number of hydrogen-bond acceptors (Lipinski definition) is 2. The van der Waals surface area contributed by atoms with Crippen molar-refractivity contribution in [3.63, 3.8) is 0 Å². The number of benzene rings is 1. The van der Waals surface area contributed by atoms with Crippen molar-refractivity contribution in [3.8, 4) is 5.75 Å². The molecule has 0 radical (unpaired) electrons. The maximum absolute atomic E-state index is 5.27. The zero-order chi connectivity index (χ0) is 6.81. The van der Waals surface area contributed by atoms with E-state index in [0.717, 1.165) is 11.4 Å². The Bertz CT molecular complexity index is 273. The van der Waals surface area contributed by atoms with Crippen molar-refractivity contribution in [3.05, 3.63) is 24.3 Å². The molecule has 0 fully saturated rings. The van der Waals surface area contributed by atoms with Crippen molar-refractivity contribution < 1.29 is 4.74 Å². The highest BCUT2D eigenvalue weighted by Crippen LogP contribution is 2.27. The molecule has 11 heavy (non-hydrogen) atoms. The van der Waals surface area contributed by atoms with E-state index in [4.69, 9.17) is 4.74 Å². The summed E-state index contributed by atoms with van der Waals surface area (Å²) in [4.78, 5) is 4.14. The molecule has 1 aliphatic heterocycles. The van der Waals surface area contributed by atoms with Gasteiger partial charge >= 0.3 is 0 Å². The number of para-hydroxylation sites is 2. The molecule has 1 aromatic rings.